The number of nitrogens with two attached hydrogens (primary N) is 1. The van der Waals surface area contributed by atoms with Gasteiger partial charge in [0.25, 0.3) is 0 Å². The number of hydrogen-bond donors (Lipinski definition) is 2. The van der Waals surface area contributed by atoms with E-state index in [1.165, 1.54) is 6.92 Å². The van der Waals surface area contributed by atoms with Gasteiger partial charge in [0.15, 0.2) is 0 Å². The van der Waals surface area contributed by atoms with Crippen LogP contribution in [0.25, 0.3) is 0 Å². The summed E-state index contributed by atoms with van der Waals surface area (Å²) in [7, 11) is 0. The van der Waals surface area contributed by atoms with Gasteiger partial charge in [0.05, 0.1) is 0 Å². The molecule has 1 aliphatic rings. The Hall–Kier alpha value is -1.27. The van der Waals surface area contributed by atoms with Crippen molar-refractivity contribution in [3.05, 3.63) is 0 Å². The first-order chi connectivity index (χ1) is 6.58. The van der Waals surface area contributed by atoms with Crippen LogP contribution in [0.5, 0.6) is 0 Å². The van der Waals surface area contributed by atoms with Gasteiger partial charge in [-0.1, -0.05) is 0 Å². The number of alkyl halides is 3. The molecule has 0 aromatic heterocycles. The molecule has 1 rings (SSSR count). The number of primary amides is 1. The lowest BCUT2D eigenvalue weighted by Crippen LogP contribution is -2.51. The molecule has 1 aliphatic heterocycles. The average Bonchev–Trinajstić information content (AvgIpc) is 2.29. The smallest absolute Gasteiger partial charge is 0.370 e. The molecule has 0 aromatic carbocycles. The second kappa shape index (κ2) is 4.50. The van der Waals surface area contributed by atoms with E-state index < -0.39 is 17.6 Å². The largest absolute Gasteiger partial charge is 0.411 e. The molecule has 88 valence electrons. The molecule has 0 spiro atoms. The van der Waals surface area contributed by atoms with E-state index in [1.54, 1.807) is 0 Å². The van der Waals surface area contributed by atoms with Gasteiger partial charge in [-0.15, -0.1) is 0 Å². The third-order valence-corrected chi connectivity index (χ3v) is 1.89. The van der Waals surface area contributed by atoms with Crippen LogP contribution >= 0.6 is 0 Å². The molecular formula is C8H13F3N2O2. The van der Waals surface area contributed by atoms with Crippen LogP contribution in [0.3, 0.4) is 0 Å². The number of carbonyl (C=O) groups is 2. The van der Waals surface area contributed by atoms with Crippen LogP contribution in [0.15, 0.2) is 0 Å². The van der Waals surface area contributed by atoms with Gasteiger partial charge in [0.1, 0.15) is 5.54 Å². The van der Waals surface area contributed by atoms with E-state index in [0.717, 1.165) is 6.92 Å². The van der Waals surface area contributed by atoms with E-state index in [4.69, 9.17) is 0 Å². The highest BCUT2D eigenvalue weighted by atomic mass is 19.4. The zero-order chi connectivity index (χ0) is 12.3. The third kappa shape index (κ3) is 4.18. The molecule has 1 unspecified atom stereocenters. The van der Waals surface area contributed by atoms with Crippen molar-refractivity contribution in [1.29, 1.82) is 0 Å². The molecule has 0 radical (unpaired) electrons. The summed E-state index contributed by atoms with van der Waals surface area (Å²) in [6.45, 7) is 2.30. The monoisotopic (exact) mass is 226 g/mol. The Bertz CT molecular complexity index is 261. The molecule has 4 nitrogen and oxygen atoms in total. The van der Waals surface area contributed by atoms with E-state index >= 15 is 0 Å². The summed E-state index contributed by atoms with van der Waals surface area (Å²) in [5.74, 6) is -0.857. The molecule has 7 heteroatoms. The lowest BCUT2D eigenvalue weighted by atomic mass is 10.0. The van der Waals surface area contributed by atoms with E-state index in [0.29, 0.717) is 0 Å². The second-order valence-corrected chi connectivity index (χ2v) is 3.49. The molecule has 0 aliphatic carbocycles. The Kier molecular flexibility index (Phi) is 4.12. The van der Waals surface area contributed by atoms with Gasteiger partial charge in [-0.3, -0.25) is 9.59 Å². The number of amides is 2. The maximum Gasteiger partial charge on any atom is 0.411 e. The molecule has 0 aromatic rings. The Balaban J connectivity index is 0.000000423. The number of carbonyl (C=O) groups excluding carboxylic acids is 2. The van der Waals surface area contributed by atoms with Crippen molar-refractivity contribution in [1.82, 2.24) is 5.32 Å². The molecule has 1 fully saturated rings. The fourth-order valence-electron chi connectivity index (χ4n) is 1.01. The summed E-state index contributed by atoms with van der Waals surface area (Å²) in [5, 5.41) is 1.91. The van der Waals surface area contributed by atoms with Crippen molar-refractivity contribution in [3.63, 3.8) is 0 Å². The minimum Gasteiger partial charge on any atom is -0.370 e. The summed E-state index contributed by atoms with van der Waals surface area (Å²) in [5.41, 5.74) is 2.48. The van der Waals surface area contributed by atoms with Gasteiger partial charge in [0.2, 0.25) is 11.8 Å². The highest BCUT2D eigenvalue weighted by Gasteiger charge is 2.54. The van der Waals surface area contributed by atoms with E-state index in [9.17, 15) is 22.8 Å². The predicted molar refractivity (Wildman–Crippen MR) is 46.7 cm³/mol. The van der Waals surface area contributed by atoms with E-state index in [2.05, 4.69) is 5.73 Å². The van der Waals surface area contributed by atoms with Crippen LogP contribution in [0, 0.1) is 0 Å². The SMILES string of the molecule is CC(N)=O.CC1(C(F)(F)F)CCC(=O)N1. The van der Waals surface area contributed by atoms with Crippen LogP contribution in [0.4, 0.5) is 13.2 Å². The number of hydrogen-bond acceptors (Lipinski definition) is 2. The summed E-state index contributed by atoms with van der Waals surface area (Å²) in [6.07, 6.45) is -4.52. The first kappa shape index (κ1) is 13.7. The van der Waals surface area contributed by atoms with E-state index in [-0.39, 0.29) is 18.7 Å². The maximum atomic E-state index is 12.1. The first-order valence-electron chi connectivity index (χ1n) is 4.22. The fourth-order valence-corrected chi connectivity index (χ4v) is 1.01. The van der Waals surface area contributed by atoms with Gasteiger partial charge in [0, 0.05) is 13.3 Å². The molecule has 15 heavy (non-hydrogen) atoms. The van der Waals surface area contributed by atoms with Gasteiger partial charge >= 0.3 is 6.18 Å². The zero-order valence-corrected chi connectivity index (χ0v) is 8.44. The molecule has 1 heterocycles. The minimum absolute atomic E-state index is 0.0317. The van der Waals surface area contributed by atoms with Crippen LogP contribution in [-0.2, 0) is 9.59 Å². The molecule has 0 bridgehead atoms. The fraction of sp³-hybridized carbons (Fsp3) is 0.750. The summed E-state index contributed by atoms with van der Waals surface area (Å²) >= 11 is 0. The van der Waals surface area contributed by atoms with Crippen molar-refractivity contribution in [2.75, 3.05) is 0 Å². The maximum absolute atomic E-state index is 12.1. The molecule has 0 saturated carbocycles. The van der Waals surface area contributed by atoms with Crippen molar-refractivity contribution in [3.8, 4) is 0 Å². The number of halogens is 3. The summed E-state index contributed by atoms with van der Waals surface area (Å²) in [4.78, 5) is 19.7. The standard InChI is InChI=1S/C6H8F3NO.C2H5NO/c1-5(6(7,8)9)3-2-4(11)10-5;1-2(3)4/h2-3H2,1H3,(H,10,11);1H3,(H2,3,4). The van der Waals surface area contributed by atoms with Crippen molar-refractivity contribution in [2.45, 2.75) is 38.4 Å². The van der Waals surface area contributed by atoms with Crippen molar-refractivity contribution < 1.29 is 22.8 Å². The normalized spacial score (nSPS) is 25.3. The summed E-state index contributed by atoms with van der Waals surface area (Å²) in [6, 6.07) is 0. The number of nitrogens with one attached hydrogen (secondary N) is 1. The Morgan fingerprint density at radius 1 is 1.53 bits per heavy atom. The molecular weight excluding hydrogens is 213 g/mol. The Morgan fingerprint density at radius 3 is 2.07 bits per heavy atom. The van der Waals surface area contributed by atoms with Crippen LogP contribution in [0.2, 0.25) is 0 Å². The van der Waals surface area contributed by atoms with Gasteiger partial charge in [-0.2, -0.15) is 13.2 Å². The third-order valence-electron chi connectivity index (χ3n) is 1.89. The van der Waals surface area contributed by atoms with Crippen LogP contribution in [-0.4, -0.2) is 23.5 Å². The first-order valence-corrected chi connectivity index (χ1v) is 4.22. The zero-order valence-electron chi connectivity index (χ0n) is 8.44. The van der Waals surface area contributed by atoms with Crippen molar-refractivity contribution >= 4 is 11.8 Å². The number of rotatable bonds is 0. The summed E-state index contributed by atoms with van der Waals surface area (Å²) < 4.78 is 36.3. The van der Waals surface area contributed by atoms with Crippen LogP contribution < -0.4 is 11.1 Å². The lowest BCUT2D eigenvalue weighted by Gasteiger charge is -2.26. The topological polar surface area (TPSA) is 72.2 Å². The highest BCUT2D eigenvalue weighted by molar-refractivity contribution is 5.79. The Labute approximate surface area is 85.0 Å². The molecule has 2 amide bonds. The molecule has 1 atom stereocenters. The second-order valence-electron chi connectivity index (χ2n) is 3.49. The highest BCUT2D eigenvalue weighted by Crippen LogP contribution is 2.36. The van der Waals surface area contributed by atoms with E-state index in [1.807, 2.05) is 5.32 Å². The van der Waals surface area contributed by atoms with Gasteiger partial charge in [-0.05, 0) is 13.3 Å². The minimum atomic E-state index is -4.33. The predicted octanol–water partition coefficient (Wildman–Crippen LogP) is 0.709. The quantitative estimate of drug-likeness (QED) is 0.638. The lowest BCUT2D eigenvalue weighted by molar-refractivity contribution is -0.187. The van der Waals surface area contributed by atoms with Crippen LogP contribution in [0.1, 0.15) is 26.7 Å². The van der Waals surface area contributed by atoms with Gasteiger partial charge in [-0.25, -0.2) is 0 Å². The van der Waals surface area contributed by atoms with Gasteiger partial charge < -0.3 is 11.1 Å². The average molecular weight is 226 g/mol. The van der Waals surface area contributed by atoms with Crippen molar-refractivity contribution in [2.24, 2.45) is 5.73 Å². The molecule has 1 saturated heterocycles. The molecule has 3 N–H and O–H groups in total. The Morgan fingerprint density at radius 2 is 1.93 bits per heavy atom.